The minimum Gasteiger partial charge on any atom is -0.435 e. The molecule has 29 heavy (non-hydrogen) atoms. The van der Waals surface area contributed by atoms with Crippen LogP contribution >= 0.6 is 24.0 Å². The number of anilines is 1. The van der Waals surface area contributed by atoms with Crippen LogP contribution in [0.15, 0.2) is 41.7 Å². The number of aryl methyl sites for hydroxylation is 1. The van der Waals surface area contributed by atoms with Gasteiger partial charge in [0.1, 0.15) is 12.3 Å². The number of hydrogen-bond acceptors (Lipinski definition) is 4. The number of nitrogens with one attached hydrogen (secondary N) is 1. The number of nitrogens with zero attached hydrogens (tertiary/aromatic N) is 5. The quantitative estimate of drug-likeness (QED) is 0.372. The Bertz CT molecular complexity index is 843. The molecule has 8 nitrogen and oxygen atoms in total. The Morgan fingerprint density at radius 3 is 2.59 bits per heavy atom. The molecule has 1 aromatic carbocycles. The highest BCUT2D eigenvalue weighted by Gasteiger charge is 2.27. The molecule has 0 saturated carbocycles. The van der Waals surface area contributed by atoms with Crippen LogP contribution in [-0.2, 0) is 18.4 Å². The van der Waals surface area contributed by atoms with Gasteiger partial charge in [0.05, 0.1) is 11.9 Å². The van der Waals surface area contributed by atoms with Gasteiger partial charge < -0.3 is 19.9 Å². The lowest BCUT2D eigenvalue weighted by molar-refractivity contribution is -0.120. The normalized spacial score (nSPS) is 14.8. The van der Waals surface area contributed by atoms with Gasteiger partial charge in [0, 0.05) is 39.9 Å². The number of amides is 1. The van der Waals surface area contributed by atoms with E-state index >= 15 is 0 Å². The Kier molecular flexibility index (Phi) is 8.17. The van der Waals surface area contributed by atoms with Crippen LogP contribution in [0.3, 0.4) is 0 Å². The number of ether oxygens (including phenoxy) is 1. The minimum atomic E-state index is -2.84. The van der Waals surface area contributed by atoms with Crippen LogP contribution in [0.4, 0.5) is 14.5 Å². The highest BCUT2D eigenvalue weighted by atomic mass is 127. The molecule has 2 aromatic rings. The second-order valence-corrected chi connectivity index (χ2v) is 6.26. The molecule has 1 aliphatic rings. The van der Waals surface area contributed by atoms with E-state index in [-0.39, 0.29) is 42.2 Å². The zero-order valence-corrected chi connectivity index (χ0v) is 18.4. The summed E-state index contributed by atoms with van der Waals surface area (Å²) in [6.45, 7) is -1.04. The lowest BCUT2D eigenvalue weighted by atomic mass is 10.2. The van der Waals surface area contributed by atoms with Gasteiger partial charge in [-0.1, -0.05) is 12.1 Å². The monoisotopic (exact) mass is 520 g/mol. The van der Waals surface area contributed by atoms with Crippen molar-refractivity contribution in [3.63, 3.8) is 0 Å². The van der Waals surface area contributed by atoms with Gasteiger partial charge in [-0.15, -0.1) is 24.0 Å². The summed E-state index contributed by atoms with van der Waals surface area (Å²) in [5.74, 6) is 0.683. The van der Waals surface area contributed by atoms with Crippen LogP contribution < -0.4 is 15.0 Å². The minimum absolute atomic E-state index is 0. The predicted molar refractivity (Wildman–Crippen MR) is 116 cm³/mol. The van der Waals surface area contributed by atoms with Crippen molar-refractivity contribution in [1.82, 2.24) is 20.0 Å². The van der Waals surface area contributed by atoms with E-state index < -0.39 is 6.61 Å². The summed E-state index contributed by atoms with van der Waals surface area (Å²) in [6, 6.07) is 6.37. The first-order valence-electron chi connectivity index (χ1n) is 8.74. The maximum atomic E-state index is 12.5. The summed E-state index contributed by atoms with van der Waals surface area (Å²) >= 11 is 0. The first kappa shape index (κ1) is 22.8. The Hall–Kier alpha value is -2.44. The Morgan fingerprint density at radius 2 is 2.03 bits per heavy atom. The summed E-state index contributed by atoms with van der Waals surface area (Å²) in [6.07, 6.45) is 3.48. The van der Waals surface area contributed by atoms with Gasteiger partial charge in [0.25, 0.3) is 0 Å². The maximum Gasteiger partial charge on any atom is 0.387 e. The number of piperazine rings is 1. The number of carbonyl (C=O) groups is 1. The van der Waals surface area contributed by atoms with Crippen molar-refractivity contribution in [2.75, 3.05) is 31.6 Å². The van der Waals surface area contributed by atoms with Crippen LogP contribution in [-0.4, -0.2) is 59.8 Å². The molecule has 1 amide bonds. The van der Waals surface area contributed by atoms with Crippen molar-refractivity contribution in [2.24, 2.45) is 12.0 Å². The zero-order valence-electron chi connectivity index (χ0n) is 16.1. The van der Waals surface area contributed by atoms with E-state index in [0.29, 0.717) is 25.6 Å². The van der Waals surface area contributed by atoms with Gasteiger partial charge in [0.15, 0.2) is 5.96 Å². The third-order valence-corrected chi connectivity index (χ3v) is 4.33. The number of aromatic nitrogens is 2. The summed E-state index contributed by atoms with van der Waals surface area (Å²) in [4.78, 5) is 20.3. The van der Waals surface area contributed by atoms with Crippen molar-refractivity contribution in [3.8, 4) is 5.75 Å². The molecule has 0 radical (unpaired) electrons. The predicted octanol–water partition coefficient (Wildman–Crippen LogP) is 2.06. The highest BCUT2D eigenvalue weighted by molar-refractivity contribution is 14.0. The summed E-state index contributed by atoms with van der Waals surface area (Å²) in [5, 5.41) is 7.30. The van der Waals surface area contributed by atoms with Gasteiger partial charge in [-0.2, -0.15) is 13.9 Å². The van der Waals surface area contributed by atoms with Gasteiger partial charge in [-0.05, 0) is 17.7 Å². The molecule has 0 atom stereocenters. The zero-order chi connectivity index (χ0) is 20.1. The molecule has 158 valence electrons. The number of hydrogen-bond donors (Lipinski definition) is 1. The number of guanidine groups is 1. The van der Waals surface area contributed by atoms with Gasteiger partial charge in [-0.3, -0.25) is 14.5 Å². The van der Waals surface area contributed by atoms with Gasteiger partial charge in [0.2, 0.25) is 5.91 Å². The maximum absolute atomic E-state index is 12.5. The first-order chi connectivity index (χ1) is 13.5. The largest absolute Gasteiger partial charge is 0.435 e. The van der Waals surface area contributed by atoms with Crippen LogP contribution in [0.25, 0.3) is 0 Å². The van der Waals surface area contributed by atoms with Gasteiger partial charge in [-0.25, -0.2) is 0 Å². The molecular weight excluding hydrogens is 497 g/mol. The van der Waals surface area contributed by atoms with Crippen molar-refractivity contribution in [3.05, 3.63) is 42.2 Å². The van der Waals surface area contributed by atoms with Crippen molar-refractivity contribution in [2.45, 2.75) is 13.2 Å². The van der Waals surface area contributed by atoms with E-state index in [4.69, 9.17) is 0 Å². The van der Waals surface area contributed by atoms with Gasteiger partial charge >= 0.3 is 6.61 Å². The van der Waals surface area contributed by atoms with Crippen LogP contribution in [0.2, 0.25) is 0 Å². The summed E-state index contributed by atoms with van der Waals surface area (Å²) < 4.78 is 30.4. The van der Waals surface area contributed by atoms with E-state index in [1.807, 2.05) is 18.1 Å². The van der Waals surface area contributed by atoms with E-state index in [1.165, 1.54) is 12.1 Å². The molecule has 2 heterocycles. The number of rotatable bonds is 5. The summed E-state index contributed by atoms with van der Waals surface area (Å²) in [5.41, 5.74) is 1.66. The van der Waals surface area contributed by atoms with E-state index in [2.05, 4.69) is 20.1 Å². The van der Waals surface area contributed by atoms with Crippen molar-refractivity contribution < 1.29 is 18.3 Å². The fraction of sp³-hybridized carbons (Fsp3) is 0.389. The van der Waals surface area contributed by atoms with E-state index in [0.717, 1.165) is 11.3 Å². The Morgan fingerprint density at radius 1 is 1.31 bits per heavy atom. The van der Waals surface area contributed by atoms with Crippen LogP contribution in [0, 0.1) is 0 Å². The van der Waals surface area contributed by atoms with Crippen molar-refractivity contribution >= 4 is 41.5 Å². The molecule has 1 aromatic heterocycles. The molecule has 1 aliphatic heterocycles. The third-order valence-electron chi connectivity index (χ3n) is 4.33. The molecule has 0 aliphatic carbocycles. The molecule has 0 unspecified atom stereocenters. The average molecular weight is 520 g/mol. The molecule has 1 fully saturated rings. The number of aliphatic imine (C=N–C) groups is 1. The summed E-state index contributed by atoms with van der Waals surface area (Å²) in [7, 11) is 3.46. The number of benzene rings is 1. The van der Waals surface area contributed by atoms with E-state index in [1.54, 1.807) is 35.0 Å². The lowest BCUT2D eigenvalue weighted by Crippen LogP contribution is -2.55. The second kappa shape index (κ2) is 10.4. The molecule has 11 heteroatoms. The first-order valence-corrected chi connectivity index (χ1v) is 8.74. The fourth-order valence-corrected chi connectivity index (χ4v) is 2.98. The smallest absolute Gasteiger partial charge is 0.387 e. The highest BCUT2D eigenvalue weighted by Crippen LogP contribution is 2.17. The van der Waals surface area contributed by atoms with Crippen LogP contribution in [0.1, 0.15) is 5.56 Å². The SMILES string of the molecule is CN=C(NCc1ccc(OC(F)F)cc1)N1CCN(c2cnn(C)c2)C(=O)C1.I. The average Bonchev–Trinajstić information content (AvgIpc) is 3.09. The molecule has 0 spiro atoms. The molecule has 0 bridgehead atoms. The number of halogens is 3. The lowest BCUT2D eigenvalue weighted by Gasteiger charge is -2.35. The third kappa shape index (κ3) is 6.02. The Labute approximate surface area is 184 Å². The Balaban J connectivity index is 0.00000300. The standard InChI is InChI=1S/C18H22F2N6O2.HI/c1-21-18(22-9-13-3-5-15(6-4-13)28-17(19)20)25-7-8-26(16(27)12-25)14-10-23-24(2)11-14;/h3-6,10-11,17H,7-9,12H2,1-2H3,(H,21,22);1H. The van der Waals surface area contributed by atoms with Crippen LogP contribution in [0.5, 0.6) is 5.75 Å². The number of carbonyl (C=O) groups excluding carboxylic acids is 1. The molecule has 1 saturated heterocycles. The van der Waals surface area contributed by atoms with E-state index in [9.17, 15) is 13.6 Å². The molecule has 1 N–H and O–H groups in total. The molecule has 3 rings (SSSR count). The second-order valence-electron chi connectivity index (χ2n) is 6.26. The number of alkyl halides is 2. The van der Waals surface area contributed by atoms with Crippen molar-refractivity contribution in [1.29, 1.82) is 0 Å². The molecular formula is C18H23F2IN6O2. The fourth-order valence-electron chi connectivity index (χ4n) is 2.98. The topological polar surface area (TPSA) is 75.0 Å².